The van der Waals surface area contributed by atoms with Crippen LogP contribution in [0, 0.1) is 5.92 Å². The summed E-state index contributed by atoms with van der Waals surface area (Å²) < 4.78 is 35.3. The SMILES string of the molecule is COc1cc2nc(-c3ccccn3)nc(N3CC(CCNS(N)(=O)=O)C3)c2cc1OC. The third-order valence-corrected chi connectivity index (χ3v) is 5.79. The Balaban J connectivity index is 1.66. The number of methoxy groups -OCH3 is 2. The Morgan fingerprint density at radius 3 is 2.55 bits per heavy atom. The van der Waals surface area contributed by atoms with Crippen molar-refractivity contribution in [1.82, 2.24) is 19.7 Å². The van der Waals surface area contributed by atoms with Gasteiger partial charge >= 0.3 is 0 Å². The maximum absolute atomic E-state index is 11.0. The van der Waals surface area contributed by atoms with Crippen molar-refractivity contribution in [2.75, 3.05) is 38.8 Å². The smallest absolute Gasteiger partial charge is 0.274 e. The molecular formula is C20H24N6O4S. The lowest BCUT2D eigenvalue weighted by Gasteiger charge is -2.40. The second-order valence-corrected chi connectivity index (χ2v) is 8.69. The fraction of sp³-hybridized carbons (Fsp3) is 0.350. The van der Waals surface area contributed by atoms with Gasteiger partial charge in [0.1, 0.15) is 11.5 Å². The van der Waals surface area contributed by atoms with E-state index >= 15 is 0 Å². The number of hydrogen-bond acceptors (Lipinski definition) is 8. The Bertz CT molecular complexity index is 1180. The Hall–Kier alpha value is -3.02. The van der Waals surface area contributed by atoms with Crippen LogP contribution >= 0.6 is 0 Å². The molecule has 0 radical (unpaired) electrons. The molecule has 164 valence electrons. The number of nitrogens with one attached hydrogen (secondary N) is 1. The normalized spacial score (nSPS) is 14.5. The maximum Gasteiger partial charge on any atom is 0.274 e. The highest BCUT2D eigenvalue weighted by Crippen LogP contribution is 2.38. The van der Waals surface area contributed by atoms with Crippen LogP contribution in [0.3, 0.4) is 0 Å². The molecule has 0 amide bonds. The Labute approximate surface area is 180 Å². The first-order valence-corrected chi connectivity index (χ1v) is 11.3. The number of anilines is 1. The van der Waals surface area contributed by atoms with Crippen LogP contribution in [-0.4, -0.2) is 57.2 Å². The number of ether oxygens (including phenoxy) is 2. The number of nitrogens with zero attached hydrogens (tertiary/aromatic N) is 4. The number of nitrogens with two attached hydrogens (primary N) is 1. The van der Waals surface area contributed by atoms with Crippen molar-refractivity contribution in [2.45, 2.75) is 6.42 Å². The summed E-state index contributed by atoms with van der Waals surface area (Å²) in [7, 11) is -0.494. The molecule has 1 saturated heterocycles. The average Bonchev–Trinajstić information content (AvgIpc) is 2.73. The van der Waals surface area contributed by atoms with Crippen molar-refractivity contribution in [3.05, 3.63) is 36.5 Å². The highest BCUT2D eigenvalue weighted by Gasteiger charge is 2.30. The quantitative estimate of drug-likeness (QED) is 0.532. The predicted octanol–water partition coefficient (Wildman–Crippen LogP) is 1.33. The van der Waals surface area contributed by atoms with Gasteiger partial charge in [-0.25, -0.2) is 19.8 Å². The highest BCUT2D eigenvalue weighted by atomic mass is 32.2. The zero-order chi connectivity index (χ0) is 22.0. The molecule has 10 nitrogen and oxygen atoms in total. The Morgan fingerprint density at radius 1 is 1.16 bits per heavy atom. The molecule has 0 atom stereocenters. The minimum Gasteiger partial charge on any atom is -0.493 e. The molecule has 0 spiro atoms. The first-order chi connectivity index (χ1) is 14.9. The van der Waals surface area contributed by atoms with Gasteiger partial charge in [-0.2, -0.15) is 8.42 Å². The van der Waals surface area contributed by atoms with Crippen molar-refractivity contribution in [1.29, 1.82) is 0 Å². The van der Waals surface area contributed by atoms with Gasteiger partial charge < -0.3 is 14.4 Å². The molecule has 2 aromatic heterocycles. The van der Waals surface area contributed by atoms with Crippen molar-refractivity contribution in [3.63, 3.8) is 0 Å². The fourth-order valence-corrected chi connectivity index (χ4v) is 4.02. The van der Waals surface area contributed by atoms with Gasteiger partial charge in [-0.15, -0.1) is 0 Å². The van der Waals surface area contributed by atoms with Gasteiger partial charge in [0, 0.05) is 37.3 Å². The van der Waals surface area contributed by atoms with E-state index in [2.05, 4.69) is 14.6 Å². The first-order valence-electron chi connectivity index (χ1n) is 9.75. The van der Waals surface area contributed by atoms with Crippen LogP contribution in [0.15, 0.2) is 36.5 Å². The Morgan fingerprint density at radius 2 is 1.90 bits per heavy atom. The molecule has 3 N–H and O–H groups in total. The van der Waals surface area contributed by atoms with Gasteiger partial charge in [-0.3, -0.25) is 4.98 Å². The van der Waals surface area contributed by atoms with E-state index in [-0.39, 0.29) is 0 Å². The van der Waals surface area contributed by atoms with E-state index in [0.29, 0.717) is 41.9 Å². The second-order valence-electron chi connectivity index (χ2n) is 7.31. The molecule has 1 fully saturated rings. The molecular weight excluding hydrogens is 420 g/mol. The van der Waals surface area contributed by atoms with Crippen LogP contribution in [0.25, 0.3) is 22.4 Å². The third-order valence-electron chi connectivity index (χ3n) is 5.19. The van der Waals surface area contributed by atoms with Gasteiger partial charge in [0.2, 0.25) is 0 Å². The largest absolute Gasteiger partial charge is 0.493 e. The molecule has 0 unspecified atom stereocenters. The number of aromatic nitrogens is 3. The standard InChI is InChI=1S/C20H24N6O4S/c1-29-17-9-14-16(10-18(17)30-2)24-19(15-5-3-4-7-22-15)25-20(14)26-11-13(12-26)6-8-23-31(21,27)28/h3-5,7,9-10,13,23H,6,8,11-12H2,1-2H3,(H2,21,27,28). The minimum absolute atomic E-state index is 0.312. The van der Waals surface area contributed by atoms with E-state index in [1.165, 1.54) is 0 Å². The average molecular weight is 445 g/mol. The summed E-state index contributed by atoms with van der Waals surface area (Å²) in [5.74, 6) is 2.82. The van der Waals surface area contributed by atoms with E-state index < -0.39 is 10.2 Å². The summed E-state index contributed by atoms with van der Waals surface area (Å²) in [5.41, 5.74) is 1.40. The summed E-state index contributed by atoms with van der Waals surface area (Å²) in [4.78, 5) is 16.0. The van der Waals surface area contributed by atoms with E-state index in [9.17, 15) is 8.42 Å². The number of fused-ring (bicyclic) bond motifs is 1. The van der Waals surface area contributed by atoms with E-state index in [4.69, 9.17) is 24.6 Å². The van der Waals surface area contributed by atoms with Crippen molar-refractivity contribution in [2.24, 2.45) is 11.1 Å². The van der Waals surface area contributed by atoms with Crippen LogP contribution in [-0.2, 0) is 10.2 Å². The van der Waals surface area contributed by atoms with Gasteiger partial charge in [0.15, 0.2) is 17.3 Å². The molecule has 0 bridgehead atoms. The molecule has 31 heavy (non-hydrogen) atoms. The lowest BCUT2D eigenvalue weighted by atomic mass is 9.96. The molecule has 1 aliphatic rings. The van der Waals surface area contributed by atoms with Gasteiger partial charge in [-0.1, -0.05) is 6.07 Å². The molecule has 0 aliphatic carbocycles. The monoisotopic (exact) mass is 444 g/mol. The minimum atomic E-state index is -3.67. The number of hydrogen-bond donors (Lipinski definition) is 2. The van der Waals surface area contributed by atoms with Crippen molar-refractivity contribution >= 4 is 26.9 Å². The van der Waals surface area contributed by atoms with Crippen LogP contribution in [0.1, 0.15) is 6.42 Å². The topological polar surface area (TPSA) is 133 Å². The van der Waals surface area contributed by atoms with Gasteiger partial charge in [0.05, 0.1) is 19.7 Å². The number of benzene rings is 1. The van der Waals surface area contributed by atoms with Crippen LogP contribution in [0.5, 0.6) is 11.5 Å². The molecule has 1 aliphatic heterocycles. The molecule has 1 aromatic carbocycles. The summed E-state index contributed by atoms with van der Waals surface area (Å²) >= 11 is 0. The van der Waals surface area contributed by atoms with E-state index in [0.717, 1.165) is 29.8 Å². The second kappa shape index (κ2) is 8.61. The molecule has 0 saturated carbocycles. The highest BCUT2D eigenvalue weighted by molar-refractivity contribution is 7.87. The van der Waals surface area contributed by atoms with Crippen LogP contribution in [0.4, 0.5) is 5.82 Å². The van der Waals surface area contributed by atoms with Crippen LogP contribution < -0.4 is 24.2 Å². The van der Waals surface area contributed by atoms with Crippen molar-refractivity contribution in [3.8, 4) is 23.0 Å². The summed E-state index contributed by atoms with van der Waals surface area (Å²) in [5, 5.41) is 5.84. The lowest BCUT2D eigenvalue weighted by Crippen LogP contribution is -2.48. The van der Waals surface area contributed by atoms with Crippen molar-refractivity contribution < 1.29 is 17.9 Å². The summed E-state index contributed by atoms with van der Waals surface area (Å²) in [6, 6.07) is 9.31. The van der Waals surface area contributed by atoms with E-state index in [1.807, 2.05) is 30.3 Å². The van der Waals surface area contributed by atoms with Gasteiger partial charge in [0.25, 0.3) is 10.2 Å². The molecule has 3 aromatic rings. The predicted molar refractivity (Wildman–Crippen MR) is 117 cm³/mol. The zero-order valence-electron chi connectivity index (χ0n) is 17.3. The molecule has 3 heterocycles. The molecule has 4 rings (SSSR count). The lowest BCUT2D eigenvalue weighted by molar-refractivity contribution is 0.355. The van der Waals surface area contributed by atoms with E-state index in [1.54, 1.807) is 20.4 Å². The number of rotatable bonds is 8. The summed E-state index contributed by atoms with van der Waals surface area (Å²) in [6.45, 7) is 1.80. The number of pyridine rings is 1. The van der Waals surface area contributed by atoms with Crippen LogP contribution in [0.2, 0.25) is 0 Å². The fourth-order valence-electron chi connectivity index (χ4n) is 3.62. The first kappa shape index (κ1) is 21.2. The Kier molecular flexibility index (Phi) is 5.90. The van der Waals surface area contributed by atoms with Gasteiger partial charge in [-0.05, 0) is 30.5 Å². The third kappa shape index (κ3) is 4.68. The maximum atomic E-state index is 11.0. The zero-order valence-corrected chi connectivity index (χ0v) is 18.1. The molecule has 11 heteroatoms. The summed E-state index contributed by atoms with van der Waals surface area (Å²) in [6.07, 6.45) is 2.40.